The molecule has 0 bridgehead atoms. The Morgan fingerprint density at radius 2 is 1.71 bits per heavy atom. The van der Waals surface area contributed by atoms with Gasteiger partial charge in [0, 0.05) is 0 Å². The van der Waals surface area contributed by atoms with E-state index in [0.717, 1.165) is 0 Å². The summed E-state index contributed by atoms with van der Waals surface area (Å²) in [4.78, 5) is 0. The van der Waals surface area contributed by atoms with E-state index in [4.69, 9.17) is 10.2 Å². The lowest BCUT2D eigenvalue weighted by Gasteiger charge is -1.90. The summed E-state index contributed by atoms with van der Waals surface area (Å²) in [6, 6.07) is 0. The highest BCUT2D eigenvalue weighted by molar-refractivity contribution is 5.75. The van der Waals surface area contributed by atoms with E-state index in [9.17, 15) is 0 Å². The van der Waals surface area contributed by atoms with E-state index in [1.165, 1.54) is 6.92 Å². The summed E-state index contributed by atoms with van der Waals surface area (Å²) in [5.74, 6) is 0. The molecule has 0 aromatic rings. The van der Waals surface area contributed by atoms with Gasteiger partial charge in [-0.2, -0.15) is 0 Å². The van der Waals surface area contributed by atoms with E-state index in [0.29, 0.717) is 0 Å². The third-order valence-corrected chi connectivity index (χ3v) is 0.264. The van der Waals surface area contributed by atoms with E-state index in [1.54, 1.807) is 0 Å². The monoisotopic (exact) mass is 123 g/mol. The van der Waals surface area contributed by atoms with E-state index in [2.05, 4.69) is 0 Å². The fourth-order valence-corrected chi connectivity index (χ4v) is 0. The van der Waals surface area contributed by atoms with Gasteiger partial charge in [-0.3, -0.25) is 0 Å². The molecule has 1 radical (unpaired) electrons. The average molecular weight is 123 g/mol. The van der Waals surface area contributed by atoms with Crippen molar-refractivity contribution in [2.75, 3.05) is 6.61 Å². The highest BCUT2D eigenvalue weighted by atomic mass is 27.0. The number of rotatable bonds is 1. The molecule has 7 heavy (non-hydrogen) atoms. The number of hydrogen-bond acceptors (Lipinski definition) is 2. The van der Waals surface area contributed by atoms with Crippen molar-refractivity contribution < 1.29 is 15.7 Å². The molecular formula is C3H12AlO3. The number of aliphatic hydroxyl groups excluding tert-OH is 2. The van der Waals surface area contributed by atoms with Crippen LogP contribution in [0.5, 0.6) is 0 Å². The van der Waals surface area contributed by atoms with Gasteiger partial charge >= 0.3 is 0 Å². The first-order valence-corrected chi connectivity index (χ1v) is 1.56. The van der Waals surface area contributed by atoms with Crippen LogP contribution in [0, 0.1) is 0 Å². The molecule has 0 aromatic carbocycles. The van der Waals surface area contributed by atoms with Crippen LogP contribution in [0.15, 0.2) is 0 Å². The zero-order chi connectivity index (χ0) is 4.28. The van der Waals surface area contributed by atoms with Crippen LogP contribution in [0.2, 0.25) is 0 Å². The summed E-state index contributed by atoms with van der Waals surface area (Å²) in [5, 5.41) is 16.0. The minimum absolute atomic E-state index is 0. The van der Waals surface area contributed by atoms with Gasteiger partial charge in [-0.1, -0.05) is 0 Å². The van der Waals surface area contributed by atoms with E-state index >= 15 is 0 Å². The summed E-state index contributed by atoms with van der Waals surface area (Å²) in [6.45, 7) is 1.39. The molecule has 3 nitrogen and oxygen atoms in total. The first-order chi connectivity index (χ1) is 2.27. The van der Waals surface area contributed by atoms with E-state index in [1.807, 2.05) is 0 Å². The van der Waals surface area contributed by atoms with Crippen molar-refractivity contribution in [3.63, 3.8) is 0 Å². The molecule has 0 aromatic heterocycles. The second kappa shape index (κ2) is 9.65. The van der Waals surface area contributed by atoms with Crippen LogP contribution in [0.1, 0.15) is 6.92 Å². The van der Waals surface area contributed by atoms with Gasteiger partial charge in [-0.15, -0.1) is 0 Å². The van der Waals surface area contributed by atoms with Crippen molar-refractivity contribution in [3.05, 3.63) is 0 Å². The van der Waals surface area contributed by atoms with E-state index in [-0.39, 0.29) is 29.4 Å². The largest absolute Gasteiger partial charge is 0.412 e. The van der Waals surface area contributed by atoms with Crippen LogP contribution in [0.4, 0.5) is 0 Å². The Morgan fingerprint density at radius 1 is 1.57 bits per heavy atom. The molecular weight excluding hydrogens is 111 g/mol. The molecule has 0 amide bonds. The fourth-order valence-electron chi connectivity index (χ4n) is 0. The predicted octanol–water partition coefficient (Wildman–Crippen LogP) is -2.38. The summed E-state index contributed by atoms with van der Waals surface area (Å²) in [5.41, 5.74) is 0. The lowest BCUT2D eigenvalue weighted by atomic mass is 10.5. The topological polar surface area (TPSA) is 72.0 Å². The second-order valence-corrected chi connectivity index (χ2v) is 1.03. The lowest BCUT2D eigenvalue weighted by molar-refractivity contribution is 0.110. The van der Waals surface area contributed by atoms with Crippen molar-refractivity contribution in [1.29, 1.82) is 0 Å². The molecule has 0 rings (SSSR count). The Bertz CT molecular complexity index is 24.1. The first-order valence-electron chi connectivity index (χ1n) is 1.56. The zero-order valence-electron chi connectivity index (χ0n) is 4.68. The van der Waals surface area contributed by atoms with Gasteiger partial charge in [-0.25, -0.2) is 0 Å². The third-order valence-electron chi connectivity index (χ3n) is 0.264. The van der Waals surface area contributed by atoms with Crippen molar-refractivity contribution in [2.45, 2.75) is 13.0 Å². The standard InChI is InChI=1S/C3H8O2.Al.H2O.2H/c1-3(5)2-4;;;;/h3-5H,2H2,1H3;;1H2;;. The number of aliphatic hydroxyl groups is 2. The Hall–Kier alpha value is 0.412. The normalized spacial score (nSPS) is 10.7. The van der Waals surface area contributed by atoms with Crippen LogP contribution in [-0.2, 0) is 0 Å². The summed E-state index contributed by atoms with van der Waals surface area (Å²) >= 11 is 0. The SMILES string of the molecule is CC(O)CO.O.[AlH2]. The van der Waals surface area contributed by atoms with Crippen molar-refractivity contribution in [2.24, 2.45) is 0 Å². The van der Waals surface area contributed by atoms with Crippen LogP contribution >= 0.6 is 0 Å². The van der Waals surface area contributed by atoms with Gasteiger partial charge in [-0.05, 0) is 6.92 Å². The van der Waals surface area contributed by atoms with Crippen molar-refractivity contribution in [1.82, 2.24) is 0 Å². The molecule has 4 heteroatoms. The highest BCUT2D eigenvalue weighted by Crippen LogP contribution is 1.68. The molecule has 0 saturated heterocycles. The van der Waals surface area contributed by atoms with Gasteiger partial charge in [0.25, 0.3) is 0 Å². The van der Waals surface area contributed by atoms with Crippen LogP contribution in [0.25, 0.3) is 0 Å². The molecule has 0 fully saturated rings. The Morgan fingerprint density at radius 3 is 1.71 bits per heavy atom. The molecule has 0 spiro atoms. The Balaban J connectivity index is -0.0000000800. The third kappa shape index (κ3) is 21.5. The van der Waals surface area contributed by atoms with Crippen LogP contribution < -0.4 is 0 Å². The van der Waals surface area contributed by atoms with Crippen LogP contribution in [0.3, 0.4) is 0 Å². The summed E-state index contributed by atoms with van der Waals surface area (Å²) in [7, 11) is 0. The minimum Gasteiger partial charge on any atom is -0.412 e. The molecule has 0 saturated carbocycles. The van der Waals surface area contributed by atoms with Gasteiger partial charge in [0.2, 0.25) is 0 Å². The fraction of sp³-hybridized carbons (Fsp3) is 1.00. The van der Waals surface area contributed by atoms with E-state index < -0.39 is 6.10 Å². The quantitative estimate of drug-likeness (QED) is 0.382. The Kier molecular flexibility index (Phi) is 21.6. The van der Waals surface area contributed by atoms with Gasteiger partial charge in [0.1, 0.15) is 17.4 Å². The summed E-state index contributed by atoms with van der Waals surface area (Å²) < 4.78 is 0. The summed E-state index contributed by atoms with van der Waals surface area (Å²) in [6.07, 6.45) is -0.560. The van der Waals surface area contributed by atoms with Gasteiger partial charge in [0.15, 0.2) is 0 Å². The molecule has 0 aliphatic carbocycles. The van der Waals surface area contributed by atoms with Crippen molar-refractivity contribution >= 4 is 17.4 Å². The maximum atomic E-state index is 8.11. The molecule has 4 N–H and O–H groups in total. The maximum absolute atomic E-state index is 8.11. The van der Waals surface area contributed by atoms with Gasteiger partial charge in [0.05, 0.1) is 12.7 Å². The lowest BCUT2D eigenvalue weighted by Crippen LogP contribution is -2.03. The smallest absolute Gasteiger partial charge is 0.146 e. The molecule has 0 aliphatic rings. The molecule has 45 valence electrons. The molecule has 1 atom stereocenters. The number of hydrogen-bond donors (Lipinski definition) is 2. The molecule has 0 heterocycles. The second-order valence-electron chi connectivity index (χ2n) is 1.03. The Labute approximate surface area is 53.4 Å². The van der Waals surface area contributed by atoms with Crippen molar-refractivity contribution in [3.8, 4) is 0 Å². The maximum Gasteiger partial charge on any atom is 0.146 e. The molecule has 1 unspecified atom stereocenters. The highest BCUT2D eigenvalue weighted by Gasteiger charge is 1.83. The van der Waals surface area contributed by atoms with Gasteiger partial charge < -0.3 is 15.7 Å². The first kappa shape index (κ1) is 15.7. The molecule has 0 aliphatic heterocycles. The zero-order valence-corrected chi connectivity index (χ0v) is 6.68. The average Bonchev–Trinajstić information content (AvgIpc) is 1.38. The predicted molar refractivity (Wildman–Crippen MR) is 30.9 cm³/mol. The van der Waals surface area contributed by atoms with Crippen LogP contribution in [-0.4, -0.2) is 45.8 Å². The minimum atomic E-state index is -0.560.